The zero-order chi connectivity index (χ0) is 22.6. The van der Waals surface area contributed by atoms with Gasteiger partial charge in [0.15, 0.2) is 0 Å². The van der Waals surface area contributed by atoms with Gasteiger partial charge in [0.1, 0.15) is 16.7 Å². The van der Waals surface area contributed by atoms with E-state index < -0.39 is 17.8 Å². The third-order valence-electron chi connectivity index (χ3n) is 7.38. The number of hydrogen-bond donors (Lipinski definition) is 2. The summed E-state index contributed by atoms with van der Waals surface area (Å²) in [5, 5.41) is 17.6. The molecule has 1 unspecified atom stereocenters. The number of thiophene rings is 1. The van der Waals surface area contributed by atoms with Crippen LogP contribution in [-0.4, -0.2) is 37.1 Å². The molecule has 166 valence electrons. The van der Waals surface area contributed by atoms with E-state index >= 15 is 0 Å². The van der Waals surface area contributed by atoms with Crippen LogP contribution in [0.15, 0.2) is 29.6 Å². The number of esters is 1. The van der Waals surface area contributed by atoms with Crippen LogP contribution in [0.5, 0.6) is 0 Å². The predicted octanol–water partition coefficient (Wildman–Crippen LogP) is 3.13. The van der Waals surface area contributed by atoms with Gasteiger partial charge in [0.25, 0.3) is 0 Å². The van der Waals surface area contributed by atoms with Crippen molar-refractivity contribution in [3.05, 3.63) is 45.9 Å². The quantitative estimate of drug-likeness (QED) is 0.656. The average Bonchev–Trinajstić information content (AvgIpc) is 3.23. The summed E-state index contributed by atoms with van der Waals surface area (Å²) >= 11 is 1.23. The van der Waals surface area contributed by atoms with Crippen molar-refractivity contribution in [1.29, 1.82) is 5.26 Å². The minimum Gasteiger partial charge on any atom is -0.465 e. The number of benzene rings is 1. The number of amides is 1. The Hall–Kier alpha value is -2.76. The molecule has 1 saturated heterocycles. The van der Waals surface area contributed by atoms with Gasteiger partial charge in [0, 0.05) is 12.5 Å². The molecule has 1 aromatic carbocycles. The molecule has 3 fully saturated rings. The summed E-state index contributed by atoms with van der Waals surface area (Å²) in [5.41, 5.74) is 1.72. The molecule has 2 bridgehead atoms. The molecule has 1 aliphatic heterocycles. The van der Waals surface area contributed by atoms with Crippen molar-refractivity contribution < 1.29 is 18.7 Å². The highest BCUT2D eigenvalue weighted by atomic mass is 32.1. The third-order valence-corrected chi connectivity index (χ3v) is 8.29. The Labute approximate surface area is 189 Å². The molecule has 2 N–H and O–H groups in total. The number of nitriles is 1. The summed E-state index contributed by atoms with van der Waals surface area (Å²) in [4.78, 5) is 24.9. The first kappa shape index (κ1) is 21.1. The maximum atomic E-state index is 14.8. The highest BCUT2D eigenvalue weighted by molar-refractivity contribution is 7.12. The number of nitrogens with one attached hydrogen (secondary N) is 2. The highest BCUT2D eigenvalue weighted by Gasteiger charge is 2.67. The number of piperidine rings is 1. The minimum absolute atomic E-state index is 0.0919. The third kappa shape index (κ3) is 3.50. The number of ether oxygens (including phenoxy) is 1. The Kier molecular flexibility index (Phi) is 5.26. The Bertz CT molecular complexity index is 1120. The molecule has 2 saturated carbocycles. The molecule has 5 rings (SSSR count). The standard InChI is InChI=1S/C24H24FN3O3S/c1-11-20-16-8-18(21(11)20)28-22(16)23(29)27-15(9-26)5-13-4-3-12(6-17(13)25)14-7-19(32-10-14)24(30)31-2/h3-4,6-7,10-11,15-16,18,20-22,28H,5,8H2,1-2H3,(H,27,29)/t11-,15-,16+,18-,20?,21+,22-/m0/s1. The number of methoxy groups -OCH3 is 1. The fourth-order valence-corrected chi connectivity index (χ4v) is 6.64. The first-order valence-corrected chi connectivity index (χ1v) is 11.7. The number of carbonyl (C=O) groups is 2. The minimum atomic E-state index is -0.803. The molecule has 0 radical (unpaired) electrons. The molecule has 0 spiro atoms. The summed E-state index contributed by atoms with van der Waals surface area (Å²) in [6.07, 6.45) is 1.13. The summed E-state index contributed by atoms with van der Waals surface area (Å²) in [5.74, 6) is 1.31. The lowest BCUT2D eigenvalue weighted by Gasteiger charge is -2.23. The van der Waals surface area contributed by atoms with E-state index in [0.717, 1.165) is 12.0 Å². The second-order valence-electron chi connectivity index (χ2n) is 9.06. The number of fused-ring (bicyclic) bond motifs is 5. The van der Waals surface area contributed by atoms with Gasteiger partial charge in [-0.05, 0) is 64.3 Å². The fourth-order valence-electron chi connectivity index (χ4n) is 5.80. The zero-order valence-electron chi connectivity index (χ0n) is 17.8. The van der Waals surface area contributed by atoms with Gasteiger partial charge in [-0.15, -0.1) is 11.3 Å². The second kappa shape index (κ2) is 7.98. The van der Waals surface area contributed by atoms with E-state index in [2.05, 4.69) is 23.6 Å². The van der Waals surface area contributed by atoms with Crippen LogP contribution in [0, 0.1) is 40.8 Å². The normalized spacial score (nSPS) is 30.3. The van der Waals surface area contributed by atoms with Crippen LogP contribution in [0.2, 0.25) is 0 Å². The monoisotopic (exact) mass is 453 g/mol. The molecular formula is C24H24FN3O3S. The molecule has 2 aliphatic carbocycles. The van der Waals surface area contributed by atoms with E-state index in [1.807, 2.05) is 0 Å². The van der Waals surface area contributed by atoms with Crippen LogP contribution in [0.1, 0.15) is 28.6 Å². The van der Waals surface area contributed by atoms with Gasteiger partial charge in [-0.25, -0.2) is 9.18 Å². The summed E-state index contributed by atoms with van der Waals surface area (Å²) < 4.78 is 19.5. The smallest absolute Gasteiger partial charge is 0.348 e. The molecule has 1 amide bonds. The summed E-state index contributed by atoms with van der Waals surface area (Å²) in [6, 6.07) is 7.89. The van der Waals surface area contributed by atoms with E-state index in [0.29, 0.717) is 45.7 Å². The largest absolute Gasteiger partial charge is 0.465 e. The second-order valence-corrected chi connectivity index (χ2v) is 9.97. The van der Waals surface area contributed by atoms with Crippen LogP contribution in [0.4, 0.5) is 4.39 Å². The summed E-state index contributed by atoms with van der Waals surface area (Å²) in [7, 11) is 1.32. The van der Waals surface area contributed by atoms with Crippen molar-refractivity contribution >= 4 is 23.2 Å². The maximum absolute atomic E-state index is 14.8. The Balaban J connectivity index is 1.24. The first-order valence-electron chi connectivity index (χ1n) is 10.8. The van der Waals surface area contributed by atoms with Gasteiger partial charge >= 0.3 is 5.97 Å². The van der Waals surface area contributed by atoms with E-state index in [1.165, 1.54) is 24.5 Å². The molecule has 7 atom stereocenters. The van der Waals surface area contributed by atoms with Crippen molar-refractivity contribution in [2.45, 2.75) is 37.9 Å². The zero-order valence-corrected chi connectivity index (χ0v) is 18.6. The van der Waals surface area contributed by atoms with Crippen LogP contribution in [0.3, 0.4) is 0 Å². The van der Waals surface area contributed by atoms with E-state index in [1.54, 1.807) is 23.6 Å². The van der Waals surface area contributed by atoms with E-state index in [9.17, 15) is 19.2 Å². The highest BCUT2D eigenvalue weighted by Crippen LogP contribution is 2.64. The molecular weight excluding hydrogens is 429 g/mol. The molecule has 32 heavy (non-hydrogen) atoms. The number of hydrogen-bond acceptors (Lipinski definition) is 6. The SMILES string of the molecule is COC(=O)c1cc(-c2ccc(C[C@@H](C#N)NC(=O)[C@H]3N[C@H]4C[C@@H]3C3[C@@H]4[C@H]3C)c(F)c2)cs1. The summed E-state index contributed by atoms with van der Waals surface area (Å²) in [6.45, 7) is 2.24. The lowest BCUT2D eigenvalue weighted by Crippen LogP contribution is -2.51. The molecule has 8 heteroatoms. The molecule has 3 aliphatic rings. The van der Waals surface area contributed by atoms with Crippen LogP contribution in [0.25, 0.3) is 11.1 Å². The van der Waals surface area contributed by atoms with Crippen molar-refractivity contribution in [3.63, 3.8) is 0 Å². The number of halogens is 1. The lowest BCUT2D eigenvalue weighted by atomic mass is 9.94. The fraction of sp³-hybridized carbons (Fsp3) is 0.458. The van der Waals surface area contributed by atoms with Gasteiger partial charge < -0.3 is 15.4 Å². The number of rotatable bonds is 6. The van der Waals surface area contributed by atoms with Gasteiger partial charge in [-0.3, -0.25) is 4.79 Å². The number of carbonyl (C=O) groups excluding carboxylic acids is 2. The molecule has 1 aromatic heterocycles. The van der Waals surface area contributed by atoms with Crippen LogP contribution >= 0.6 is 11.3 Å². The predicted molar refractivity (Wildman–Crippen MR) is 117 cm³/mol. The first-order chi connectivity index (χ1) is 15.4. The van der Waals surface area contributed by atoms with Crippen molar-refractivity contribution in [2.24, 2.45) is 23.7 Å². The van der Waals surface area contributed by atoms with E-state index in [-0.39, 0.29) is 18.4 Å². The lowest BCUT2D eigenvalue weighted by molar-refractivity contribution is -0.124. The van der Waals surface area contributed by atoms with E-state index in [4.69, 9.17) is 4.74 Å². The molecule has 2 heterocycles. The topological polar surface area (TPSA) is 91.2 Å². The van der Waals surface area contributed by atoms with Crippen molar-refractivity contribution in [1.82, 2.24) is 10.6 Å². The Morgan fingerprint density at radius 2 is 2.16 bits per heavy atom. The van der Waals surface area contributed by atoms with Gasteiger partial charge in [-0.2, -0.15) is 5.26 Å². The maximum Gasteiger partial charge on any atom is 0.348 e. The Morgan fingerprint density at radius 1 is 1.34 bits per heavy atom. The van der Waals surface area contributed by atoms with Gasteiger partial charge in [0.2, 0.25) is 5.91 Å². The van der Waals surface area contributed by atoms with Crippen LogP contribution in [-0.2, 0) is 16.0 Å². The number of nitrogens with zero attached hydrogens (tertiary/aromatic N) is 1. The average molecular weight is 454 g/mol. The van der Waals surface area contributed by atoms with Crippen molar-refractivity contribution in [2.75, 3.05) is 7.11 Å². The van der Waals surface area contributed by atoms with Gasteiger partial charge in [-0.1, -0.05) is 19.1 Å². The molecule has 2 aromatic rings. The Morgan fingerprint density at radius 3 is 2.84 bits per heavy atom. The molecule has 6 nitrogen and oxygen atoms in total. The van der Waals surface area contributed by atoms with Gasteiger partial charge in [0.05, 0.1) is 19.2 Å². The van der Waals surface area contributed by atoms with Crippen molar-refractivity contribution in [3.8, 4) is 17.2 Å². The van der Waals surface area contributed by atoms with Crippen LogP contribution < -0.4 is 10.6 Å².